The van der Waals surface area contributed by atoms with Gasteiger partial charge in [-0.05, 0) is 63.9 Å². The van der Waals surface area contributed by atoms with E-state index in [9.17, 15) is 4.79 Å². The molecule has 0 aliphatic carbocycles. The van der Waals surface area contributed by atoms with Crippen molar-refractivity contribution < 1.29 is 4.79 Å². The van der Waals surface area contributed by atoms with Gasteiger partial charge >= 0.3 is 0 Å². The monoisotopic (exact) mass is 233 g/mol. The van der Waals surface area contributed by atoms with Crippen LogP contribution in [0, 0.1) is 20.8 Å². The van der Waals surface area contributed by atoms with Crippen molar-refractivity contribution in [1.82, 2.24) is 5.32 Å². The lowest BCUT2D eigenvalue weighted by Crippen LogP contribution is -2.46. The van der Waals surface area contributed by atoms with Gasteiger partial charge in [-0.1, -0.05) is 13.0 Å². The Labute approximate surface area is 104 Å². The molecule has 0 saturated carbocycles. The molecule has 94 valence electrons. The molecule has 0 atom stereocenters. The predicted molar refractivity (Wildman–Crippen MR) is 72.7 cm³/mol. The molecule has 0 unspecified atom stereocenters. The lowest BCUT2D eigenvalue weighted by Gasteiger charge is -2.25. The lowest BCUT2D eigenvalue weighted by atomic mass is 9.88. The minimum absolute atomic E-state index is 0.167. The quantitative estimate of drug-likeness (QED) is 0.809. The molecule has 1 aromatic carbocycles. The second-order valence-corrected chi connectivity index (χ2v) is 5.24. The fraction of sp³-hybridized carbons (Fsp3) is 0.533. The number of Topliss-reactive ketones (excluding diaryl/α,β-unsaturated/α-hetero) is 1. The molecule has 0 heterocycles. The zero-order valence-corrected chi connectivity index (χ0v) is 11.8. The minimum Gasteiger partial charge on any atom is -0.305 e. The topological polar surface area (TPSA) is 29.1 Å². The Morgan fingerprint density at radius 3 is 2.18 bits per heavy atom. The van der Waals surface area contributed by atoms with E-state index in [1.807, 2.05) is 40.7 Å². The van der Waals surface area contributed by atoms with E-state index in [2.05, 4.69) is 18.3 Å². The number of nitrogens with one attached hydrogen (secondary N) is 1. The second kappa shape index (κ2) is 5.01. The molecule has 0 amide bonds. The molecule has 2 heteroatoms. The Morgan fingerprint density at radius 1 is 1.12 bits per heavy atom. The van der Waals surface area contributed by atoms with E-state index in [-0.39, 0.29) is 5.78 Å². The maximum atomic E-state index is 12.5. The smallest absolute Gasteiger partial charge is 0.182 e. The first-order valence-electron chi connectivity index (χ1n) is 6.17. The number of likely N-dealkylation sites (N-methyl/N-ethyl adjacent to an activating group) is 1. The zero-order valence-electron chi connectivity index (χ0n) is 11.8. The van der Waals surface area contributed by atoms with Gasteiger partial charge in [0, 0.05) is 5.56 Å². The molecule has 1 N–H and O–H groups in total. The Hall–Kier alpha value is -1.15. The van der Waals surface area contributed by atoms with E-state index in [1.54, 1.807) is 0 Å². The molecule has 1 rings (SSSR count). The molecule has 0 aliphatic rings. The maximum Gasteiger partial charge on any atom is 0.182 e. The van der Waals surface area contributed by atoms with Crippen molar-refractivity contribution in [2.45, 2.75) is 47.1 Å². The van der Waals surface area contributed by atoms with Crippen LogP contribution in [0.3, 0.4) is 0 Å². The van der Waals surface area contributed by atoms with Gasteiger partial charge in [0.1, 0.15) is 0 Å². The molecule has 0 bridgehead atoms. The highest BCUT2D eigenvalue weighted by Gasteiger charge is 2.28. The molecular formula is C15H23NO. The van der Waals surface area contributed by atoms with Crippen LogP contribution < -0.4 is 5.32 Å². The van der Waals surface area contributed by atoms with Crippen LogP contribution in [0.25, 0.3) is 0 Å². The van der Waals surface area contributed by atoms with Crippen LogP contribution in [-0.2, 0) is 0 Å². The van der Waals surface area contributed by atoms with Crippen molar-refractivity contribution in [3.63, 3.8) is 0 Å². The van der Waals surface area contributed by atoms with Crippen molar-refractivity contribution in [3.8, 4) is 0 Å². The standard InChI is InChI=1S/C15H23NO/c1-7-16-15(5,6)14(17)13-9-11(3)10(2)8-12(13)4/h8-9,16H,7H2,1-6H3. The van der Waals surface area contributed by atoms with Crippen molar-refractivity contribution in [2.24, 2.45) is 0 Å². The van der Waals surface area contributed by atoms with E-state index in [1.165, 1.54) is 11.1 Å². The van der Waals surface area contributed by atoms with Crippen molar-refractivity contribution in [2.75, 3.05) is 6.54 Å². The summed E-state index contributed by atoms with van der Waals surface area (Å²) in [6.07, 6.45) is 0. The summed E-state index contributed by atoms with van der Waals surface area (Å²) < 4.78 is 0. The molecule has 17 heavy (non-hydrogen) atoms. The van der Waals surface area contributed by atoms with Gasteiger partial charge < -0.3 is 5.32 Å². The van der Waals surface area contributed by atoms with E-state index >= 15 is 0 Å². The third-order valence-electron chi connectivity index (χ3n) is 3.27. The Morgan fingerprint density at radius 2 is 1.65 bits per heavy atom. The van der Waals surface area contributed by atoms with Crippen LogP contribution in [0.15, 0.2) is 12.1 Å². The first-order chi connectivity index (χ1) is 7.79. The number of aryl methyl sites for hydroxylation is 3. The van der Waals surface area contributed by atoms with Gasteiger partial charge in [0.25, 0.3) is 0 Å². The molecule has 0 spiro atoms. The number of hydrogen-bond acceptors (Lipinski definition) is 2. The summed E-state index contributed by atoms with van der Waals surface area (Å²) in [7, 11) is 0. The van der Waals surface area contributed by atoms with Crippen LogP contribution in [-0.4, -0.2) is 17.9 Å². The van der Waals surface area contributed by atoms with Gasteiger partial charge in [-0.15, -0.1) is 0 Å². The molecule has 0 aromatic heterocycles. The summed E-state index contributed by atoms with van der Waals surface area (Å²) in [5.74, 6) is 0.167. The molecule has 0 saturated heterocycles. The summed E-state index contributed by atoms with van der Waals surface area (Å²) in [5, 5.41) is 3.23. The largest absolute Gasteiger partial charge is 0.305 e. The van der Waals surface area contributed by atoms with Gasteiger partial charge in [-0.2, -0.15) is 0 Å². The predicted octanol–water partition coefficient (Wildman–Crippen LogP) is 3.18. The fourth-order valence-corrected chi connectivity index (χ4v) is 2.06. The highest BCUT2D eigenvalue weighted by Crippen LogP contribution is 2.20. The summed E-state index contributed by atoms with van der Waals surface area (Å²) in [6.45, 7) is 12.8. The van der Waals surface area contributed by atoms with Gasteiger partial charge in [0.05, 0.1) is 5.54 Å². The van der Waals surface area contributed by atoms with Gasteiger partial charge in [-0.25, -0.2) is 0 Å². The van der Waals surface area contributed by atoms with Gasteiger partial charge in [0.2, 0.25) is 0 Å². The Kier molecular flexibility index (Phi) is 4.10. The van der Waals surface area contributed by atoms with Crippen LogP contribution >= 0.6 is 0 Å². The third-order valence-corrected chi connectivity index (χ3v) is 3.27. The summed E-state index contributed by atoms with van der Waals surface area (Å²) in [4.78, 5) is 12.5. The van der Waals surface area contributed by atoms with Crippen molar-refractivity contribution >= 4 is 5.78 Å². The molecule has 2 nitrogen and oxygen atoms in total. The van der Waals surface area contributed by atoms with Crippen LogP contribution in [0.5, 0.6) is 0 Å². The highest BCUT2D eigenvalue weighted by atomic mass is 16.1. The molecule has 0 fully saturated rings. The SMILES string of the molecule is CCNC(C)(C)C(=O)c1cc(C)c(C)cc1C. The van der Waals surface area contributed by atoms with Crippen molar-refractivity contribution in [1.29, 1.82) is 0 Å². The first-order valence-corrected chi connectivity index (χ1v) is 6.17. The number of hydrogen-bond donors (Lipinski definition) is 1. The summed E-state index contributed by atoms with van der Waals surface area (Å²) in [6, 6.07) is 4.09. The van der Waals surface area contributed by atoms with Crippen LogP contribution in [0.1, 0.15) is 47.8 Å². The van der Waals surface area contributed by atoms with Crippen LogP contribution in [0.2, 0.25) is 0 Å². The van der Waals surface area contributed by atoms with E-state index < -0.39 is 5.54 Å². The van der Waals surface area contributed by atoms with E-state index in [0.29, 0.717) is 0 Å². The van der Waals surface area contributed by atoms with Gasteiger partial charge in [0.15, 0.2) is 5.78 Å². The summed E-state index contributed by atoms with van der Waals surface area (Å²) in [5.41, 5.74) is 3.80. The molecule has 0 aliphatic heterocycles. The number of carbonyl (C=O) groups excluding carboxylic acids is 1. The Bertz CT molecular complexity index is 433. The highest BCUT2D eigenvalue weighted by molar-refractivity contribution is 6.04. The van der Waals surface area contributed by atoms with Crippen LogP contribution in [0.4, 0.5) is 0 Å². The maximum absolute atomic E-state index is 12.5. The van der Waals surface area contributed by atoms with Crippen molar-refractivity contribution in [3.05, 3.63) is 34.4 Å². The molecule has 1 aromatic rings. The van der Waals surface area contributed by atoms with Gasteiger partial charge in [-0.3, -0.25) is 4.79 Å². The van der Waals surface area contributed by atoms with E-state index in [4.69, 9.17) is 0 Å². The first kappa shape index (κ1) is 13.9. The molecule has 0 radical (unpaired) electrons. The molecular weight excluding hydrogens is 210 g/mol. The summed E-state index contributed by atoms with van der Waals surface area (Å²) >= 11 is 0. The average molecular weight is 233 g/mol. The lowest BCUT2D eigenvalue weighted by molar-refractivity contribution is 0.0883. The third kappa shape index (κ3) is 2.95. The normalized spacial score (nSPS) is 11.6. The minimum atomic E-state index is -0.499. The zero-order chi connectivity index (χ0) is 13.2. The number of carbonyl (C=O) groups is 1. The number of rotatable bonds is 4. The van der Waals surface area contributed by atoms with E-state index in [0.717, 1.165) is 17.7 Å². The number of ketones is 1. The Balaban J connectivity index is 3.17. The second-order valence-electron chi connectivity index (χ2n) is 5.24. The average Bonchev–Trinajstić information content (AvgIpc) is 2.22. The fourth-order valence-electron chi connectivity index (χ4n) is 2.06. The number of benzene rings is 1.